The van der Waals surface area contributed by atoms with Gasteiger partial charge in [0.1, 0.15) is 17.2 Å². The minimum Gasteiger partial charge on any atom is -0.497 e. The van der Waals surface area contributed by atoms with Crippen molar-refractivity contribution < 1.29 is 92.1 Å². The molecule has 0 radical (unpaired) electrons. The van der Waals surface area contributed by atoms with E-state index in [9.17, 15) is 30.4 Å². The lowest BCUT2D eigenvalue weighted by molar-refractivity contribution is -0.493. The van der Waals surface area contributed by atoms with E-state index in [4.69, 9.17) is 17.8 Å². The third-order valence-corrected chi connectivity index (χ3v) is 13.5. The van der Waals surface area contributed by atoms with E-state index in [1.165, 1.54) is 0 Å². The Kier molecular flexibility index (Phi) is 9.80. The van der Waals surface area contributed by atoms with E-state index in [2.05, 4.69) is 0 Å². The molecular formula is C29H21F15O6S2. The zero-order chi connectivity index (χ0) is 39.8. The van der Waals surface area contributed by atoms with Crippen molar-refractivity contribution in [3.05, 3.63) is 72.8 Å². The molecule has 290 valence electrons. The average molecular weight is 815 g/mol. The Morgan fingerprint density at radius 3 is 0.981 bits per heavy atom. The quantitative estimate of drug-likeness (QED) is 0.190. The SMILES string of the molecule is COc1ccc(S(OS(=O)(=O)C2(F)C(F)(F)C(F)(F)C(F)(C(F)(F)C(F)(F)F)C(F)(F)C2(F)F)(c2ccc(OC)cc2)c2ccc(OC)cc2)cc1. The normalized spacial score (nSPS) is 24.5. The van der Waals surface area contributed by atoms with E-state index in [1.807, 2.05) is 0 Å². The van der Waals surface area contributed by atoms with Crippen LogP contribution in [0, 0.1) is 0 Å². The average Bonchev–Trinajstić information content (AvgIpc) is 3.08. The van der Waals surface area contributed by atoms with Crippen LogP contribution in [-0.2, 0) is 13.7 Å². The minimum atomic E-state index is -8.71. The maximum Gasteiger partial charge on any atom is 0.457 e. The van der Waals surface area contributed by atoms with Crippen LogP contribution in [0.15, 0.2) is 87.5 Å². The van der Waals surface area contributed by atoms with E-state index in [0.717, 1.165) is 94.1 Å². The second-order valence-corrected chi connectivity index (χ2v) is 15.3. The third-order valence-electron chi connectivity index (χ3n) is 7.96. The molecule has 0 N–H and O–H groups in total. The molecule has 0 aromatic heterocycles. The molecule has 1 aliphatic rings. The third kappa shape index (κ3) is 5.03. The number of methoxy groups -OCH3 is 3. The van der Waals surface area contributed by atoms with Crippen LogP contribution in [0.2, 0.25) is 0 Å². The van der Waals surface area contributed by atoms with Crippen LogP contribution in [-0.4, -0.2) is 76.2 Å². The highest BCUT2D eigenvalue weighted by Crippen LogP contribution is 2.77. The molecule has 0 bridgehead atoms. The molecule has 1 fully saturated rings. The van der Waals surface area contributed by atoms with E-state index >= 15 is 43.9 Å². The number of alkyl halides is 15. The topological polar surface area (TPSA) is 71.1 Å². The second-order valence-electron chi connectivity index (χ2n) is 10.7. The molecule has 4 rings (SSSR count). The highest BCUT2D eigenvalue weighted by molar-refractivity contribution is 8.33. The Morgan fingerprint density at radius 2 is 0.750 bits per heavy atom. The molecule has 0 saturated heterocycles. The Hall–Kier alpha value is -3.73. The van der Waals surface area contributed by atoms with E-state index in [0.29, 0.717) is 0 Å². The lowest BCUT2D eigenvalue weighted by Crippen LogP contribution is -2.90. The van der Waals surface area contributed by atoms with E-state index < -0.39 is 81.6 Å². The van der Waals surface area contributed by atoms with Gasteiger partial charge in [-0.05, 0) is 83.1 Å². The molecule has 3 aromatic carbocycles. The molecule has 6 nitrogen and oxygen atoms in total. The summed E-state index contributed by atoms with van der Waals surface area (Å²) in [5.41, 5.74) is -8.71. The summed E-state index contributed by atoms with van der Waals surface area (Å²) >= 11 is 0. The fourth-order valence-corrected chi connectivity index (χ4v) is 10.8. The van der Waals surface area contributed by atoms with Crippen LogP contribution >= 0.6 is 10.3 Å². The molecule has 0 heterocycles. The Labute approximate surface area is 285 Å². The Balaban J connectivity index is 2.16. The predicted molar refractivity (Wildman–Crippen MR) is 150 cm³/mol. The summed E-state index contributed by atoms with van der Waals surface area (Å²) in [6.07, 6.45) is -8.04. The smallest absolute Gasteiger partial charge is 0.457 e. The fourth-order valence-electron chi connectivity index (χ4n) is 5.14. The monoisotopic (exact) mass is 814 g/mol. The lowest BCUT2D eigenvalue weighted by atomic mass is 9.69. The molecule has 1 aliphatic carbocycles. The molecule has 52 heavy (non-hydrogen) atoms. The summed E-state index contributed by atoms with van der Waals surface area (Å²) in [5.74, 6) is -42.6. The predicted octanol–water partition coefficient (Wildman–Crippen LogP) is 9.38. The largest absolute Gasteiger partial charge is 0.497 e. The second kappa shape index (κ2) is 12.4. The van der Waals surface area contributed by atoms with E-state index in [-0.39, 0.29) is 17.2 Å². The van der Waals surface area contributed by atoms with Gasteiger partial charge in [-0.2, -0.15) is 65.5 Å². The first-order valence-corrected chi connectivity index (χ1v) is 16.6. The van der Waals surface area contributed by atoms with Crippen molar-refractivity contribution in [1.29, 1.82) is 0 Å². The van der Waals surface area contributed by atoms with Crippen molar-refractivity contribution in [3.63, 3.8) is 0 Å². The number of hydrogen-bond acceptors (Lipinski definition) is 6. The first-order chi connectivity index (χ1) is 23.6. The van der Waals surface area contributed by atoms with Gasteiger partial charge in [0.15, 0.2) is 0 Å². The van der Waals surface area contributed by atoms with Crippen LogP contribution in [0.4, 0.5) is 65.9 Å². The fraction of sp³-hybridized carbons (Fsp3) is 0.379. The van der Waals surface area contributed by atoms with Crippen LogP contribution in [0.25, 0.3) is 0 Å². The van der Waals surface area contributed by atoms with E-state index in [1.54, 1.807) is 0 Å². The van der Waals surface area contributed by atoms with Crippen molar-refractivity contribution in [2.24, 2.45) is 0 Å². The van der Waals surface area contributed by atoms with Crippen molar-refractivity contribution >= 4 is 20.4 Å². The van der Waals surface area contributed by atoms with Crippen LogP contribution in [0.1, 0.15) is 0 Å². The van der Waals surface area contributed by atoms with Gasteiger partial charge in [-0.1, -0.05) is 0 Å². The standard InChI is InChI=1S/C29H21F15O6S2/c1-47-16-4-10-19(11-5-16)51(20-12-6-17(48-2)7-13-20,21-14-8-18(49-3)9-15-21)50-52(45,46)28(41)26(37,38)23(31,32)22(30,24(33,34)27(28,39)40)25(35,36)29(42,43)44/h4-15H,1-3H3. The first kappa shape index (κ1) is 41.0. The van der Waals surface area contributed by atoms with Crippen LogP contribution < -0.4 is 14.2 Å². The highest BCUT2D eigenvalue weighted by Gasteiger charge is 3.08. The highest BCUT2D eigenvalue weighted by atomic mass is 32.3. The summed E-state index contributed by atoms with van der Waals surface area (Å²) in [6.45, 7) is 0. The first-order valence-electron chi connectivity index (χ1n) is 13.6. The van der Waals surface area contributed by atoms with Gasteiger partial charge in [-0.3, -0.25) is 0 Å². The van der Waals surface area contributed by atoms with Gasteiger partial charge < -0.3 is 14.2 Å². The maximum atomic E-state index is 16.4. The van der Waals surface area contributed by atoms with Crippen molar-refractivity contribution in [1.82, 2.24) is 0 Å². The lowest BCUT2D eigenvalue weighted by Gasteiger charge is -2.56. The van der Waals surface area contributed by atoms with Gasteiger partial charge in [0.25, 0.3) is 0 Å². The molecule has 1 saturated carbocycles. The molecule has 3 aromatic rings. The van der Waals surface area contributed by atoms with Crippen LogP contribution in [0.5, 0.6) is 17.2 Å². The summed E-state index contributed by atoms with van der Waals surface area (Å²) < 4.78 is 268. The molecule has 0 aliphatic heterocycles. The van der Waals surface area contributed by atoms with Gasteiger partial charge in [0.05, 0.1) is 21.3 Å². The Morgan fingerprint density at radius 1 is 0.481 bits per heavy atom. The summed E-state index contributed by atoms with van der Waals surface area (Å²) in [5, 5.41) is -8.00. The number of benzene rings is 3. The maximum absolute atomic E-state index is 16.4. The molecule has 0 unspecified atom stereocenters. The van der Waals surface area contributed by atoms with Crippen molar-refractivity contribution in [3.8, 4) is 17.2 Å². The summed E-state index contributed by atoms with van der Waals surface area (Å²) in [6, 6.07) is 11.0. The number of hydrogen-bond donors (Lipinski definition) is 0. The molecule has 0 amide bonds. The molecular weight excluding hydrogens is 793 g/mol. The summed E-state index contributed by atoms with van der Waals surface area (Å²) in [7, 11) is -9.75. The van der Waals surface area contributed by atoms with Gasteiger partial charge in [-0.25, -0.2) is 12.4 Å². The minimum absolute atomic E-state index is 0.0548. The zero-order valence-electron chi connectivity index (χ0n) is 25.9. The Bertz CT molecular complexity index is 1740. The van der Waals surface area contributed by atoms with Crippen LogP contribution in [0.3, 0.4) is 0 Å². The number of rotatable bonds is 10. The number of ether oxygens (including phenoxy) is 3. The molecule has 0 spiro atoms. The van der Waals surface area contributed by atoms with Crippen molar-refractivity contribution in [2.75, 3.05) is 21.3 Å². The van der Waals surface area contributed by atoms with Crippen molar-refractivity contribution in [2.45, 2.75) is 61.1 Å². The van der Waals surface area contributed by atoms with Gasteiger partial charge in [-0.15, -0.1) is 0 Å². The summed E-state index contributed by atoms with van der Waals surface area (Å²) in [4.78, 5) is -1.96. The molecule has 0 atom stereocenters. The number of halogens is 15. The zero-order valence-corrected chi connectivity index (χ0v) is 27.5. The van der Waals surface area contributed by atoms with Gasteiger partial charge in [0, 0.05) is 14.7 Å². The van der Waals surface area contributed by atoms with Gasteiger partial charge in [0.2, 0.25) is 0 Å². The molecule has 23 heteroatoms. The van der Waals surface area contributed by atoms with Gasteiger partial charge >= 0.3 is 56.6 Å².